The molecule has 1 N–H and O–H groups in total. The molecule has 3 heterocycles. The van der Waals surface area contributed by atoms with Gasteiger partial charge in [0.25, 0.3) is 0 Å². The van der Waals surface area contributed by atoms with Crippen LogP contribution in [0.25, 0.3) is 0 Å². The lowest BCUT2D eigenvalue weighted by atomic mass is 10.1. The molecule has 0 aliphatic carbocycles. The van der Waals surface area contributed by atoms with Crippen LogP contribution in [-0.4, -0.2) is 66.2 Å². The van der Waals surface area contributed by atoms with E-state index in [0.29, 0.717) is 31.9 Å². The van der Waals surface area contributed by atoms with Crippen molar-refractivity contribution >= 4 is 23.8 Å². The minimum atomic E-state index is -0.577. The summed E-state index contributed by atoms with van der Waals surface area (Å²) in [6.07, 6.45) is 1.94. The highest BCUT2D eigenvalue weighted by molar-refractivity contribution is 5.88. The van der Waals surface area contributed by atoms with Crippen LogP contribution in [0.1, 0.15) is 44.9 Å². The van der Waals surface area contributed by atoms with Crippen LogP contribution in [0.15, 0.2) is 12.1 Å². The lowest BCUT2D eigenvalue weighted by Crippen LogP contribution is -2.41. The molecule has 164 valence electrons. The maximum absolute atomic E-state index is 12.6. The number of likely N-dealkylation sites (tertiary alicyclic amines) is 1. The van der Waals surface area contributed by atoms with Crippen molar-refractivity contribution in [1.29, 1.82) is 0 Å². The number of nitrogens with one attached hydrogen (secondary N) is 1. The van der Waals surface area contributed by atoms with Crippen LogP contribution in [0.4, 0.5) is 10.6 Å². The summed E-state index contributed by atoms with van der Waals surface area (Å²) < 4.78 is 10.2. The van der Waals surface area contributed by atoms with Crippen molar-refractivity contribution < 1.29 is 23.9 Å². The number of aromatic nitrogens is 1. The van der Waals surface area contributed by atoms with Gasteiger partial charge in [0, 0.05) is 19.6 Å². The fraction of sp³-hybridized carbons (Fsp3) is 0.619. The van der Waals surface area contributed by atoms with E-state index < -0.39 is 17.7 Å². The Morgan fingerprint density at radius 2 is 2.03 bits per heavy atom. The number of pyridine rings is 1. The summed E-state index contributed by atoms with van der Waals surface area (Å²) in [5, 5.41) is 3.22. The first-order valence-corrected chi connectivity index (χ1v) is 10.3. The first-order chi connectivity index (χ1) is 14.2. The molecular weight excluding hydrogens is 388 g/mol. The molecule has 30 heavy (non-hydrogen) atoms. The Kier molecular flexibility index (Phi) is 6.60. The van der Waals surface area contributed by atoms with Crippen molar-refractivity contribution in [2.75, 3.05) is 31.6 Å². The van der Waals surface area contributed by atoms with E-state index >= 15 is 0 Å². The topological polar surface area (TPSA) is 101 Å². The standard InChI is InChI=1S/C21H30N4O5/c1-21(2,3)30-20(28)25-10-5-6-14-7-8-15(23-18(14)25)12-22-16-9-11-24(19(16)27)13-17(26)29-4/h7-8,16,22H,5-6,9-13H2,1-4H3/t16-/m0/s1. The van der Waals surface area contributed by atoms with Crippen LogP contribution >= 0.6 is 0 Å². The Balaban J connectivity index is 1.65. The van der Waals surface area contributed by atoms with Gasteiger partial charge in [0.15, 0.2) is 0 Å². The largest absolute Gasteiger partial charge is 0.468 e. The molecule has 2 aliphatic rings. The van der Waals surface area contributed by atoms with Crippen molar-refractivity contribution in [3.05, 3.63) is 23.4 Å². The van der Waals surface area contributed by atoms with Crippen molar-refractivity contribution in [2.24, 2.45) is 0 Å². The molecule has 3 rings (SSSR count). The van der Waals surface area contributed by atoms with E-state index in [2.05, 4.69) is 15.0 Å². The van der Waals surface area contributed by atoms with Crippen LogP contribution in [0.3, 0.4) is 0 Å². The summed E-state index contributed by atoms with van der Waals surface area (Å²) in [4.78, 5) is 44.2. The van der Waals surface area contributed by atoms with Gasteiger partial charge in [0.2, 0.25) is 5.91 Å². The number of rotatable bonds is 5. The number of aryl methyl sites for hydroxylation is 1. The summed E-state index contributed by atoms with van der Waals surface area (Å²) in [6, 6.07) is 3.53. The maximum Gasteiger partial charge on any atom is 0.416 e. The monoisotopic (exact) mass is 418 g/mol. The van der Waals surface area contributed by atoms with Crippen LogP contribution in [0, 0.1) is 0 Å². The fourth-order valence-electron chi connectivity index (χ4n) is 3.61. The number of hydrogen-bond acceptors (Lipinski definition) is 7. The Morgan fingerprint density at radius 1 is 1.27 bits per heavy atom. The molecule has 0 radical (unpaired) electrons. The third kappa shape index (κ3) is 5.27. The van der Waals surface area contributed by atoms with Gasteiger partial charge in [-0.3, -0.25) is 14.5 Å². The quantitative estimate of drug-likeness (QED) is 0.725. The summed E-state index contributed by atoms with van der Waals surface area (Å²) in [6.45, 7) is 6.95. The van der Waals surface area contributed by atoms with E-state index in [1.54, 1.807) is 4.90 Å². The molecule has 1 fully saturated rings. The number of ether oxygens (including phenoxy) is 2. The molecule has 2 amide bonds. The Bertz CT molecular complexity index is 820. The number of anilines is 1. The third-order valence-electron chi connectivity index (χ3n) is 5.09. The van der Waals surface area contributed by atoms with Gasteiger partial charge in [0.05, 0.1) is 18.8 Å². The summed E-state index contributed by atoms with van der Waals surface area (Å²) >= 11 is 0. The van der Waals surface area contributed by atoms with Crippen LogP contribution in [-0.2, 0) is 32.0 Å². The van der Waals surface area contributed by atoms with Crippen LogP contribution in [0.2, 0.25) is 0 Å². The van der Waals surface area contributed by atoms with Gasteiger partial charge in [-0.2, -0.15) is 0 Å². The predicted molar refractivity (Wildman–Crippen MR) is 110 cm³/mol. The number of esters is 1. The smallest absolute Gasteiger partial charge is 0.416 e. The molecule has 1 aromatic rings. The molecule has 9 nitrogen and oxygen atoms in total. The van der Waals surface area contributed by atoms with E-state index in [-0.39, 0.29) is 18.5 Å². The number of fused-ring (bicyclic) bond motifs is 1. The number of nitrogens with zero attached hydrogens (tertiary/aromatic N) is 3. The Hall–Kier alpha value is -2.68. The highest BCUT2D eigenvalue weighted by atomic mass is 16.6. The van der Waals surface area contributed by atoms with Gasteiger partial charge < -0.3 is 19.7 Å². The van der Waals surface area contributed by atoms with Gasteiger partial charge in [0.1, 0.15) is 18.0 Å². The minimum absolute atomic E-state index is 0.0323. The first-order valence-electron chi connectivity index (χ1n) is 10.3. The molecule has 0 spiro atoms. The number of hydrogen-bond donors (Lipinski definition) is 1. The van der Waals surface area contributed by atoms with Crippen molar-refractivity contribution in [3.63, 3.8) is 0 Å². The second kappa shape index (κ2) is 8.99. The van der Waals surface area contributed by atoms with E-state index in [1.807, 2.05) is 32.9 Å². The van der Waals surface area contributed by atoms with Crippen molar-refractivity contribution in [2.45, 2.75) is 58.2 Å². The lowest BCUT2D eigenvalue weighted by Gasteiger charge is -2.31. The van der Waals surface area contributed by atoms with Crippen molar-refractivity contribution in [3.8, 4) is 0 Å². The molecule has 1 aromatic heterocycles. The van der Waals surface area contributed by atoms with Gasteiger partial charge >= 0.3 is 12.1 Å². The number of carbonyl (C=O) groups excluding carboxylic acids is 3. The molecule has 1 saturated heterocycles. The average Bonchev–Trinajstić information content (AvgIpc) is 3.03. The van der Waals surface area contributed by atoms with E-state index in [1.165, 1.54) is 12.0 Å². The average molecular weight is 418 g/mol. The lowest BCUT2D eigenvalue weighted by molar-refractivity contribution is -0.145. The normalized spacial score (nSPS) is 18.9. The summed E-state index contributed by atoms with van der Waals surface area (Å²) in [5.41, 5.74) is 1.17. The Morgan fingerprint density at radius 3 is 2.73 bits per heavy atom. The van der Waals surface area contributed by atoms with Gasteiger partial charge in [-0.25, -0.2) is 9.78 Å². The van der Waals surface area contributed by atoms with Crippen LogP contribution in [0.5, 0.6) is 0 Å². The molecule has 0 aromatic carbocycles. The number of carbonyl (C=O) groups is 3. The molecule has 2 aliphatic heterocycles. The molecule has 0 unspecified atom stereocenters. The van der Waals surface area contributed by atoms with Crippen LogP contribution < -0.4 is 10.2 Å². The maximum atomic E-state index is 12.6. The number of amides is 2. The summed E-state index contributed by atoms with van der Waals surface area (Å²) in [7, 11) is 1.31. The highest BCUT2D eigenvalue weighted by Crippen LogP contribution is 2.27. The molecule has 0 bridgehead atoms. The zero-order valence-electron chi connectivity index (χ0n) is 18.1. The van der Waals surface area contributed by atoms with Gasteiger partial charge in [-0.15, -0.1) is 0 Å². The van der Waals surface area contributed by atoms with E-state index in [9.17, 15) is 14.4 Å². The minimum Gasteiger partial charge on any atom is -0.468 e. The SMILES string of the molecule is COC(=O)CN1CC[C@H](NCc2ccc3c(n2)N(C(=O)OC(C)(C)C)CCC3)C1=O. The zero-order valence-corrected chi connectivity index (χ0v) is 18.1. The van der Waals surface area contributed by atoms with Gasteiger partial charge in [-0.1, -0.05) is 6.07 Å². The predicted octanol–water partition coefficient (Wildman–Crippen LogP) is 1.63. The summed E-state index contributed by atoms with van der Waals surface area (Å²) in [5.74, 6) is 0.0798. The molecule has 9 heteroatoms. The second-order valence-electron chi connectivity index (χ2n) is 8.58. The molecular formula is C21H30N4O5. The second-order valence-corrected chi connectivity index (χ2v) is 8.58. The number of methoxy groups -OCH3 is 1. The van der Waals surface area contributed by atoms with E-state index in [0.717, 1.165) is 24.1 Å². The molecule has 1 atom stereocenters. The third-order valence-corrected chi connectivity index (χ3v) is 5.09. The van der Waals surface area contributed by atoms with E-state index in [4.69, 9.17) is 4.74 Å². The molecule has 0 saturated carbocycles. The fourth-order valence-corrected chi connectivity index (χ4v) is 3.61. The highest BCUT2D eigenvalue weighted by Gasteiger charge is 2.33. The van der Waals surface area contributed by atoms with Crippen molar-refractivity contribution in [1.82, 2.24) is 15.2 Å². The van der Waals surface area contributed by atoms with Gasteiger partial charge in [-0.05, 0) is 51.7 Å². The Labute approximate surface area is 176 Å². The first kappa shape index (κ1) is 22.0. The zero-order chi connectivity index (χ0) is 21.9.